The topological polar surface area (TPSA) is 44.1 Å². The standard InChI is InChI=1S/C13H15IN2O/c1-10(7-15)8-16(2)9-13(17)11-3-5-12(14)6-4-11/h3-6,10H,8-9H2,1-2H3. The van der Waals surface area contributed by atoms with Gasteiger partial charge in [0.05, 0.1) is 18.5 Å². The highest BCUT2D eigenvalue weighted by molar-refractivity contribution is 14.1. The van der Waals surface area contributed by atoms with Crippen LogP contribution in [0.2, 0.25) is 0 Å². The highest BCUT2D eigenvalue weighted by atomic mass is 127. The van der Waals surface area contributed by atoms with E-state index < -0.39 is 0 Å². The van der Waals surface area contributed by atoms with E-state index in [2.05, 4.69) is 28.7 Å². The van der Waals surface area contributed by atoms with E-state index in [9.17, 15) is 4.79 Å². The summed E-state index contributed by atoms with van der Waals surface area (Å²) in [6.45, 7) is 2.82. The average Bonchev–Trinajstić information content (AvgIpc) is 2.29. The van der Waals surface area contributed by atoms with Crippen molar-refractivity contribution in [2.45, 2.75) is 6.92 Å². The number of Topliss-reactive ketones (excluding diaryl/α,β-unsaturated/α-hetero) is 1. The van der Waals surface area contributed by atoms with Gasteiger partial charge < -0.3 is 0 Å². The Morgan fingerprint density at radius 2 is 2.06 bits per heavy atom. The molecule has 0 amide bonds. The molecule has 0 saturated heterocycles. The molecule has 0 aliphatic rings. The van der Waals surface area contributed by atoms with Crippen LogP contribution < -0.4 is 0 Å². The number of hydrogen-bond acceptors (Lipinski definition) is 3. The first-order valence-electron chi connectivity index (χ1n) is 5.40. The van der Waals surface area contributed by atoms with Crippen LogP contribution >= 0.6 is 22.6 Å². The Balaban J connectivity index is 2.55. The number of ketones is 1. The van der Waals surface area contributed by atoms with Gasteiger partial charge in [0, 0.05) is 15.7 Å². The second-order valence-electron chi connectivity index (χ2n) is 4.16. The fourth-order valence-electron chi connectivity index (χ4n) is 1.55. The van der Waals surface area contributed by atoms with Crippen molar-refractivity contribution in [2.24, 2.45) is 5.92 Å². The molecule has 17 heavy (non-hydrogen) atoms. The highest BCUT2D eigenvalue weighted by Crippen LogP contribution is 2.08. The van der Waals surface area contributed by atoms with E-state index in [1.807, 2.05) is 43.1 Å². The van der Waals surface area contributed by atoms with Gasteiger partial charge in [-0.1, -0.05) is 12.1 Å². The third-order valence-electron chi connectivity index (χ3n) is 2.39. The number of likely N-dealkylation sites (N-methyl/N-ethyl adjacent to an activating group) is 1. The van der Waals surface area contributed by atoms with Gasteiger partial charge in [-0.05, 0) is 48.7 Å². The smallest absolute Gasteiger partial charge is 0.176 e. The van der Waals surface area contributed by atoms with Crippen LogP contribution in [0.3, 0.4) is 0 Å². The molecule has 0 bridgehead atoms. The number of carbonyl (C=O) groups excluding carboxylic acids is 1. The van der Waals surface area contributed by atoms with Crippen LogP contribution in [-0.2, 0) is 0 Å². The summed E-state index contributed by atoms with van der Waals surface area (Å²) < 4.78 is 1.12. The van der Waals surface area contributed by atoms with Crippen LogP contribution in [0.4, 0.5) is 0 Å². The SMILES string of the molecule is CC(C#N)CN(C)CC(=O)c1ccc(I)cc1. The van der Waals surface area contributed by atoms with Crippen molar-refractivity contribution in [3.05, 3.63) is 33.4 Å². The molecular weight excluding hydrogens is 327 g/mol. The monoisotopic (exact) mass is 342 g/mol. The Bertz CT molecular complexity index is 422. The van der Waals surface area contributed by atoms with Crippen molar-refractivity contribution in [3.8, 4) is 6.07 Å². The minimum absolute atomic E-state index is 0.0514. The molecule has 0 spiro atoms. The molecule has 0 aliphatic carbocycles. The molecule has 1 aromatic rings. The summed E-state index contributed by atoms with van der Waals surface area (Å²) in [5, 5.41) is 8.70. The van der Waals surface area contributed by atoms with Crippen LogP contribution in [-0.4, -0.2) is 30.8 Å². The minimum Gasteiger partial charge on any atom is -0.298 e. The zero-order valence-corrected chi connectivity index (χ0v) is 12.1. The maximum Gasteiger partial charge on any atom is 0.176 e. The lowest BCUT2D eigenvalue weighted by molar-refractivity contribution is 0.0943. The van der Waals surface area contributed by atoms with Crippen molar-refractivity contribution in [2.75, 3.05) is 20.1 Å². The largest absolute Gasteiger partial charge is 0.298 e. The first-order valence-corrected chi connectivity index (χ1v) is 6.47. The zero-order chi connectivity index (χ0) is 12.8. The molecule has 0 fully saturated rings. The first kappa shape index (κ1) is 14.1. The van der Waals surface area contributed by atoms with E-state index >= 15 is 0 Å². The Hall–Kier alpha value is -0.930. The minimum atomic E-state index is -0.0514. The van der Waals surface area contributed by atoms with Crippen molar-refractivity contribution < 1.29 is 4.79 Å². The van der Waals surface area contributed by atoms with Crippen LogP contribution in [0, 0.1) is 20.8 Å². The number of carbonyl (C=O) groups is 1. The van der Waals surface area contributed by atoms with E-state index in [1.54, 1.807) is 0 Å². The number of hydrogen-bond donors (Lipinski definition) is 0. The average molecular weight is 342 g/mol. The van der Waals surface area contributed by atoms with Gasteiger partial charge >= 0.3 is 0 Å². The van der Waals surface area contributed by atoms with Crippen LogP contribution in [0.15, 0.2) is 24.3 Å². The lowest BCUT2D eigenvalue weighted by Crippen LogP contribution is -2.29. The first-order chi connectivity index (χ1) is 8.02. The van der Waals surface area contributed by atoms with Crippen molar-refractivity contribution in [1.82, 2.24) is 4.90 Å². The fraction of sp³-hybridized carbons (Fsp3) is 0.385. The predicted octanol–water partition coefficient (Wildman–Crippen LogP) is 2.57. The third-order valence-corrected chi connectivity index (χ3v) is 3.10. The zero-order valence-electron chi connectivity index (χ0n) is 9.98. The predicted molar refractivity (Wildman–Crippen MR) is 75.8 cm³/mol. The number of rotatable bonds is 5. The second kappa shape index (κ2) is 6.72. The molecule has 1 atom stereocenters. The van der Waals surface area contributed by atoms with E-state index in [-0.39, 0.29) is 11.7 Å². The van der Waals surface area contributed by atoms with Gasteiger partial charge in [0.15, 0.2) is 5.78 Å². The molecule has 0 radical (unpaired) electrons. The Kier molecular flexibility index (Phi) is 5.59. The van der Waals surface area contributed by atoms with Crippen molar-refractivity contribution in [3.63, 3.8) is 0 Å². The molecule has 90 valence electrons. The molecule has 1 aromatic carbocycles. The third kappa shape index (κ3) is 4.84. The van der Waals surface area contributed by atoms with E-state index in [4.69, 9.17) is 5.26 Å². The summed E-state index contributed by atoms with van der Waals surface area (Å²) in [4.78, 5) is 13.8. The fourth-order valence-corrected chi connectivity index (χ4v) is 1.90. The van der Waals surface area contributed by atoms with Gasteiger partial charge in [-0.25, -0.2) is 0 Å². The van der Waals surface area contributed by atoms with Gasteiger partial charge in [0.1, 0.15) is 0 Å². The normalized spacial score (nSPS) is 12.2. The quantitative estimate of drug-likeness (QED) is 0.610. The molecule has 4 heteroatoms. The molecule has 0 aromatic heterocycles. The highest BCUT2D eigenvalue weighted by Gasteiger charge is 2.11. The Labute approximate surface area is 116 Å². The molecule has 1 unspecified atom stereocenters. The molecule has 0 saturated carbocycles. The second-order valence-corrected chi connectivity index (χ2v) is 5.40. The summed E-state index contributed by atoms with van der Waals surface area (Å²) in [5.41, 5.74) is 0.724. The lowest BCUT2D eigenvalue weighted by Gasteiger charge is -2.16. The van der Waals surface area contributed by atoms with Gasteiger partial charge in [0.25, 0.3) is 0 Å². The van der Waals surface area contributed by atoms with Crippen LogP contribution in [0.1, 0.15) is 17.3 Å². The number of halogens is 1. The molecule has 3 nitrogen and oxygen atoms in total. The van der Waals surface area contributed by atoms with E-state index in [0.29, 0.717) is 13.1 Å². The van der Waals surface area contributed by atoms with Gasteiger partial charge in [-0.15, -0.1) is 0 Å². The van der Waals surface area contributed by atoms with E-state index in [0.717, 1.165) is 9.13 Å². The number of benzene rings is 1. The number of nitrogens with zero attached hydrogens (tertiary/aromatic N) is 2. The summed E-state index contributed by atoms with van der Waals surface area (Å²) in [5.74, 6) is 0.0403. The Morgan fingerprint density at radius 1 is 1.47 bits per heavy atom. The molecule has 0 aliphatic heterocycles. The van der Waals surface area contributed by atoms with Crippen molar-refractivity contribution >= 4 is 28.4 Å². The molecule has 0 N–H and O–H groups in total. The summed E-state index contributed by atoms with van der Waals surface area (Å²) in [7, 11) is 1.86. The summed E-state index contributed by atoms with van der Waals surface area (Å²) in [6, 6.07) is 9.68. The van der Waals surface area contributed by atoms with Gasteiger partial charge in [-0.2, -0.15) is 5.26 Å². The van der Waals surface area contributed by atoms with Gasteiger partial charge in [-0.3, -0.25) is 9.69 Å². The van der Waals surface area contributed by atoms with Crippen molar-refractivity contribution in [1.29, 1.82) is 5.26 Å². The molecule has 1 rings (SSSR count). The summed E-state index contributed by atoms with van der Waals surface area (Å²) in [6.07, 6.45) is 0. The maximum absolute atomic E-state index is 11.9. The summed E-state index contributed by atoms with van der Waals surface area (Å²) >= 11 is 2.21. The van der Waals surface area contributed by atoms with Crippen LogP contribution in [0.25, 0.3) is 0 Å². The maximum atomic E-state index is 11.9. The Morgan fingerprint density at radius 3 is 2.59 bits per heavy atom. The van der Waals surface area contributed by atoms with Crippen LogP contribution in [0.5, 0.6) is 0 Å². The molecule has 0 heterocycles. The molecular formula is C13H15IN2O. The number of nitriles is 1. The van der Waals surface area contributed by atoms with E-state index in [1.165, 1.54) is 0 Å². The lowest BCUT2D eigenvalue weighted by atomic mass is 10.1. The van der Waals surface area contributed by atoms with Gasteiger partial charge in [0.2, 0.25) is 0 Å².